The molecule has 170 valence electrons. The van der Waals surface area contributed by atoms with E-state index in [1.54, 1.807) is 18.3 Å². The minimum Gasteiger partial charge on any atom is -0.468 e. The molecular weight excluding hydrogens is 410 g/mol. The van der Waals surface area contributed by atoms with Crippen molar-refractivity contribution in [3.8, 4) is 0 Å². The van der Waals surface area contributed by atoms with Crippen LogP contribution in [0.1, 0.15) is 74.7 Å². The van der Waals surface area contributed by atoms with Crippen LogP contribution in [-0.2, 0) is 19.1 Å². The smallest absolute Gasteiger partial charge is 0.331 e. The lowest BCUT2D eigenvalue weighted by Crippen LogP contribution is -2.56. The Morgan fingerprint density at radius 1 is 0.933 bits per heavy atom. The number of aromatic amines is 1. The van der Waals surface area contributed by atoms with Crippen molar-refractivity contribution in [3.05, 3.63) is 24.0 Å². The molecule has 0 aliphatic heterocycles. The topological polar surface area (TPSA) is 124 Å². The predicted octanol–water partition coefficient (Wildman–Crippen LogP) is 2.86. The zero-order valence-electron chi connectivity index (χ0n) is 17.8. The Morgan fingerprint density at radius 3 is 1.93 bits per heavy atom. The van der Waals surface area contributed by atoms with Gasteiger partial charge in [-0.25, -0.2) is 4.79 Å². The second kappa shape index (κ2) is 12.0. The number of amides is 1. The van der Waals surface area contributed by atoms with Crippen molar-refractivity contribution in [2.75, 3.05) is 14.2 Å². The van der Waals surface area contributed by atoms with Gasteiger partial charge in [0.05, 0.1) is 14.2 Å². The molecule has 1 aromatic rings. The number of halogens is 1. The van der Waals surface area contributed by atoms with Crippen molar-refractivity contribution >= 4 is 30.3 Å². The molecule has 3 rings (SSSR count). The molecular formula is C21H34ClN3O5. The molecule has 2 aliphatic carbocycles. The minimum absolute atomic E-state index is 0. The van der Waals surface area contributed by atoms with Crippen molar-refractivity contribution in [1.82, 2.24) is 10.3 Å². The van der Waals surface area contributed by atoms with E-state index in [0.29, 0.717) is 18.5 Å². The fraction of sp³-hybridized carbons (Fsp3) is 0.667. The summed E-state index contributed by atoms with van der Waals surface area (Å²) in [6, 6.07) is 3.43. The Balaban J connectivity index is 0.000000324. The van der Waals surface area contributed by atoms with Crippen molar-refractivity contribution < 1.29 is 23.9 Å². The average Bonchev–Trinajstić information content (AvgIpc) is 3.29. The summed E-state index contributed by atoms with van der Waals surface area (Å²) in [6.45, 7) is 0. The van der Waals surface area contributed by atoms with Gasteiger partial charge >= 0.3 is 11.9 Å². The molecule has 0 spiro atoms. The lowest BCUT2D eigenvalue weighted by molar-refractivity contribution is -0.150. The molecule has 4 N–H and O–H groups in total. The molecule has 0 atom stereocenters. The summed E-state index contributed by atoms with van der Waals surface area (Å²) >= 11 is 0. The molecule has 2 aliphatic rings. The molecule has 8 nitrogen and oxygen atoms in total. The second-order valence-corrected chi connectivity index (χ2v) is 7.88. The van der Waals surface area contributed by atoms with Crippen LogP contribution in [0.5, 0.6) is 0 Å². The van der Waals surface area contributed by atoms with Gasteiger partial charge in [-0.3, -0.25) is 9.59 Å². The number of rotatable bonds is 4. The van der Waals surface area contributed by atoms with Crippen molar-refractivity contribution in [3.63, 3.8) is 0 Å². The van der Waals surface area contributed by atoms with Crippen molar-refractivity contribution in [2.45, 2.75) is 75.3 Å². The number of methoxy groups -OCH3 is 2. The Hall–Kier alpha value is -2.06. The molecule has 0 bridgehead atoms. The molecule has 0 saturated heterocycles. The number of carbonyl (C=O) groups excluding carboxylic acids is 3. The van der Waals surface area contributed by atoms with Crippen LogP contribution in [0.3, 0.4) is 0 Å². The Morgan fingerprint density at radius 2 is 1.47 bits per heavy atom. The van der Waals surface area contributed by atoms with E-state index in [-0.39, 0.29) is 30.3 Å². The minimum atomic E-state index is -0.852. The highest BCUT2D eigenvalue weighted by Gasteiger charge is 2.42. The molecule has 9 heteroatoms. The molecule has 1 amide bonds. The van der Waals surface area contributed by atoms with Crippen LogP contribution < -0.4 is 11.1 Å². The summed E-state index contributed by atoms with van der Waals surface area (Å²) in [5.41, 5.74) is 4.77. The third kappa shape index (κ3) is 6.47. The molecule has 0 radical (unpaired) electrons. The van der Waals surface area contributed by atoms with Crippen molar-refractivity contribution in [1.29, 1.82) is 0 Å². The lowest BCUT2D eigenvalue weighted by Gasteiger charge is -2.35. The van der Waals surface area contributed by atoms with Gasteiger partial charge in [0.15, 0.2) is 0 Å². The maximum absolute atomic E-state index is 12.0. The van der Waals surface area contributed by atoms with Gasteiger partial charge in [-0.2, -0.15) is 0 Å². The summed E-state index contributed by atoms with van der Waals surface area (Å²) < 4.78 is 9.48. The zero-order valence-corrected chi connectivity index (χ0v) is 18.6. The average molecular weight is 444 g/mol. The molecule has 0 aromatic carbocycles. The van der Waals surface area contributed by atoms with Gasteiger partial charge in [0, 0.05) is 6.20 Å². The number of carbonyl (C=O) groups is 3. The highest BCUT2D eigenvalue weighted by atomic mass is 35.5. The van der Waals surface area contributed by atoms with Gasteiger partial charge in [0.2, 0.25) is 0 Å². The van der Waals surface area contributed by atoms with Gasteiger partial charge in [-0.05, 0) is 37.8 Å². The van der Waals surface area contributed by atoms with Crippen LogP contribution in [0.15, 0.2) is 18.3 Å². The van der Waals surface area contributed by atoms with Gasteiger partial charge in [0.1, 0.15) is 16.8 Å². The highest BCUT2D eigenvalue weighted by Crippen LogP contribution is 2.29. The first-order chi connectivity index (χ1) is 13.9. The molecule has 0 unspecified atom stereocenters. The number of aromatic nitrogens is 1. The van der Waals surface area contributed by atoms with Crippen LogP contribution in [-0.4, -0.2) is 48.1 Å². The van der Waals surface area contributed by atoms with Crippen LogP contribution >= 0.6 is 12.4 Å². The van der Waals surface area contributed by atoms with E-state index in [1.807, 2.05) is 0 Å². The fourth-order valence-electron chi connectivity index (χ4n) is 4.08. The normalized spacial score (nSPS) is 19.2. The summed E-state index contributed by atoms with van der Waals surface area (Å²) in [7, 11) is 2.75. The van der Waals surface area contributed by atoms with E-state index in [0.717, 1.165) is 44.9 Å². The Bertz CT molecular complexity index is 681. The highest BCUT2D eigenvalue weighted by molar-refractivity contribution is 5.96. The molecule has 1 heterocycles. The first-order valence-corrected chi connectivity index (χ1v) is 10.3. The largest absolute Gasteiger partial charge is 0.468 e. The number of hydrogen-bond acceptors (Lipinski definition) is 6. The zero-order chi connectivity index (χ0) is 21.3. The number of H-pyrrole nitrogens is 1. The van der Waals surface area contributed by atoms with E-state index < -0.39 is 11.1 Å². The van der Waals surface area contributed by atoms with Crippen LogP contribution in [0, 0.1) is 0 Å². The fourth-order valence-corrected chi connectivity index (χ4v) is 4.08. The molecule has 1 aromatic heterocycles. The van der Waals surface area contributed by atoms with Crippen LogP contribution in [0.25, 0.3) is 0 Å². The lowest BCUT2D eigenvalue weighted by atomic mass is 9.81. The summed E-state index contributed by atoms with van der Waals surface area (Å²) in [6.07, 6.45) is 10.8. The van der Waals surface area contributed by atoms with E-state index >= 15 is 0 Å². The molecule has 2 fully saturated rings. The number of ether oxygens (including phenoxy) is 2. The number of esters is 2. The third-order valence-electron chi connectivity index (χ3n) is 5.82. The molecule has 2 saturated carbocycles. The van der Waals surface area contributed by atoms with Gasteiger partial charge in [-0.15, -0.1) is 12.4 Å². The van der Waals surface area contributed by atoms with E-state index in [4.69, 9.17) is 10.5 Å². The second-order valence-electron chi connectivity index (χ2n) is 7.88. The summed E-state index contributed by atoms with van der Waals surface area (Å²) in [4.78, 5) is 38.0. The number of nitrogens with one attached hydrogen (secondary N) is 2. The van der Waals surface area contributed by atoms with Crippen molar-refractivity contribution in [2.24, 2.45) is 5.73 Å². The maximum Gasteiger partial charge on any atom is 0.331 e. The van der Waals surface area contributed by atoms with E-state index in [9.17, 15) is 14.4 Å². The summed E-state index contributed by atoms with van der Waals surface area (Å²) in [5.74, 6) is -0.855. The van der Waals surface area contributed by atoms with Crippen LogP contribution in [0.2, 0.25) is 0 Å². The third-order valence-corrected chi connectivity index (χ3v) is 5.82. The number of hydrogen-bond donors (Lipinski definition) is 3. The Labute approximate surface area is 184 Å². The first-order valence-electron chi connectivity index (χ1n) is 10.3. The van der Waals surface area contributed by atoms with Crippen LogP contribution in [0.4, 0.5) is 0 Å². The van der Waals surface area contributed by atoms with E-state index in [2.05, 4.69) is 15.0 Å². The van der Waals surface area contributed by atoms with E-state index in [1.165, 1.54) is 20.6 Å². The first kappa shape index (κ1) is 26.0. The standard InChI is InChI=1S/C13H18N2O3.C8H15NO2.ClH/c1-18-12(17)13(7-3-2-4-8-13)15-11(16)10-6-5-9-14-10;1-11-7(10)8(9)5-3-2-4-6-8;/h5-6,9,14H,2-4,7-8H2,1H3,(H,15,16);2-6,9H2,1H3;1H. The van der Waals surface area contributed by atoms with Gasteiger partial charge in [-0.1, -0.05) is 38.5 Å². The SMILES string of the molecule is COC(=O)C1(N)CCCCC1.COC(=O)C1(NC(=O)c2ccc[nH]2)CCCCC1.Cl. The van der Waals surface area contributed by atoms with Gasteiger partial charge < -0.3 is 25.5 Å². The van der Waals surface area contributed by atoms with Gasteiger partial charge in [0.25, 0.3) is 5.91 Å². The Kier molecular flexibility index (Phi) is 10.4. The monoisotopic (exact) mass is 443 g/mol. The quantitative estimate of drug-likeness (QED) is 0.614. The summed E-state index contributed by atoms with van der Waals surface area (Å²) in [5, 5.41) is 2.84. The predicted molar refractivity (Wildman–Crippen MR) is 115 cm³/mol. The molecule has 30 heavy (non-hydrogen) atoms. The maximum atomic E-state index is 12.0. The number of nitrogens with two attached hydrogens (primary N) is 1.